The van der Waals surface area contributed by atoms with Crippen LogP contribution < -0.4 is 10.2 Å². The highest BCUT2D eigenvalue weighted by atomic mass is 16.5. The Morgan fingerprint density at radius 1 is 1.27 bits per heavy atom. The molecule has 1 aromatic carbocycles. The lowest BCUT2D eigenvalue weighted by atomic mass is 9.49. The fourth-order valence-corrected chi connectivity index (χ4v) is 1.30. The average molecular weight is 206 g/mol. The van der Waals surface area contributed by atoms with Crippen LogP contribution in [0.25, 0.3) is 0 Å². The Morgan fingerprint density at radius 3 is 2.60 bits per heavy atom. The van der Waals surface area contributed by atoms with Crippen molar-refractivity contribution in [2.75, 3.05) is 6.61 Å². The van der Waals surface area contributed by atoms with Gasteiger partial charge in [-0.2, -0.15) is 0 Å². The fourth-order valence-electron chi connectivity index (χ4n) is 1.30. The molecule has 1 rings (SSSR count). The summed E-state index contributed by atoms with van der Waals surface area (Å²) >= 11 is 0. The summed E-state index contributed by atoms with van der Waals surface area (Å²) in [6.45, 7) is 7.98. The summed E-state index contributed by atoms with van der Waals surface area (Å²) < 4.78 is 5.64. The van der Waals surface area contributed by atoms with E-state index >= 15 is 0 Å². The number of benzene rings is 1. The van der Waals surface area contributed by atoms with E-state index in [2.05, 4.69) is 38.8 Å². The maximum atomic E-state index is 5.64. The van der Waals surface area contributed by atoms with Gasteiger partial charge in [0, 0.05) is 0 Å². The van der Waals surface area contributed by atoms with Gasteiger partial charge in [0.15, 0.2) is 6.71 Å². The second kappa shape index (κ2) is 7.39. The average Bonchev–Trinajstić information content (AvgIpc) is 2.19. The zero-order chi connectivity index (χ0) is 10.4. The van der Waals surface area contributed by atoms with Gasteiger partial charge in [-0.15, -0.1) is 0 Å². The molecule has 1 aromatic rings. The first kappa shape index (κ1) is 14.1. The van der Waals surface area contributed by atoms with E-state index in [0.29, 0.717) is 6.71 Å². The van der Waals surface area contributed by atoms with Crippen molar-refractivity contribution in [3.8, 4) is 5.75 Å². The Labute approximate surface area is 94.9 Å². The van der Waals surface area contributed by atoms with Crippen LogP contribution in [-0.2, 0) is 0 Å². The lowest BCUT2D eigenvalue weighted by molar-refractivity contribution is 0.309. The van der Waals surface area contributed by atoms with Crippen LogP contribution in [0, 0.1) is 0 Å². The lowest BCUT2D eigenvalue weighted by Crippen LogP contribution is -2.22. The standard InChI is InChI=1S/C12H19BO.CH4/c1-4-5-9-14-12-8-6-7-11(10-12)13(2)3;/h6-8,10H,4-5,9H2,1-3H3;1H4. The van der Waals surface area contributed by atoms with Crippen LogP contribution in [0.5, 0.6) is 5.75 Å². The second-order valence-electron chi connectivity index (χ2n) is 3.93. The van der Waals surface area contributed by atoms with E-state index in [-0.39, 0.29) is 7.43 Å². The maximum Gasteiger partial charge on any atom is 0.169 e. The van der Waals surface area contributed by atoms with E-state index in [9.17, 15) is 0 Å². The molecule has 1 nitrogen and oxygen atoms in total. The van der Waals surface area contributed by atoms with Gasteiger partial charge in [0.1, 0.15) is 5.75 Å². The van der Waals surface area contributed by atoms with Crippen molar-refractivity contribution in [2.45, 2.75) is 40.8 Å². The van der Waals surface area contributed by atoms with Gasteiger partial charge >= 0.3 is 0 Å². The molecule has 2 heteroatoms. The molecule has 0 aliphatic carbocycles. The topological polar surface area (TPSA) is 9.23 Å². The van der Waals surface area contributed by atoms with Crippen molar-refractivity contribution >= 4 is 12.2 Å². The van der Waals surface area contributed by atoms with Gasteiger partial charge in [-0.05, 0) is 18.6 Å². The third-order valence-electron chi connectivity index (χ3n) is 2.29. The van der Waals surface area contributed by atoms with Gasteiger partial charge < -0.3 is 4.74 Å². The van der Waals surface area contributed by atoms with Crippen LogP contribution in [0.15, 0.2) is 24.3 Å². The van der Waals surface area contributed by atoms with Crippen molar-refractivity contribution in [2.24, 2.45) is 0 Å². The Hall–Kier alpha value is -0.915. The Bertz CT molecular complexity index is 271. The van der Waals surface area contributed by atoms with Gasteiger partial charge in [0.05, 0.1) is 6.61 Å². The molecule has 0 unspecified atom stereocenters. The summed E-state index contributed by atoms with van der Waals surface area (Å²) in [5.41, 5.74) is 1.35. The summed E-state index contributed by atoms with van der Waals surface area (Å²) in [5, 5.41) is 0. The molecule has 0 aromatic heterocycles. The minimum absolute atomic E-state index is 0. The Kier molecular flexibility index (Phi) is 6.94. The van der Waals surface area contributed by atoms with Crippen molar-refractivity contribution in [3.05, 3.63) is 24.3 Å². The smallest absolute Gasteiger partial charge is 0.169 e. The molecule has 0 N–H and O–H groups in total. The van der Waals surface area contributed by atoms with E-state index < -0.39 is 0 Å². The first-order valence-electron chi connectivity index (χ1n) is 5.46. The maximum absolute atomic E-state index is 5.64. The van der Waals surface area contributed by atoms with Gasteiger partial charge in [-0.25, -0.2) is 0 Å². The molecule has 0 saturated carbocycles. The van der Waals surface area contributed by atoms with Gasteiger partial charge in [0.2, 0.25) is 0 Å². The largest absolute Gasteiger partial charge is 0.494 e. The quantitative estimate of drug-likeness (QED) is 0.529. The molecule has 15 heavy (non-hydrogen) atoms. The normalized spacial score (nSPS) is 9.27. The van der Waals surface area contributed by atoms with Crippen LogP contribution in [0.4, 0.5) is 0 Å². The SMILES string of the molecule is C.CCCCOc1cccc(B(C)C)c1. The zero-order valence-corrected chi connectivity index (χ0v) is 9.42. The zero-order valence-electron chi connectivity index (χ0n) is 9.42. The third kappa shape index (κ3) is 4.92. The van der Waals surface area contributed by atoms with E-state index in [1.165, 1.54) is 11.9 Å². The van der Waals surface area contributed by atoms with E-state index in [0.717, 1.165) is 18.8 Å². The second-order valence-corrected chi connectivity index (χ2v) is 3.93. The number of hydrogen-bond donors (Lipinski definition) is 0. The van der Waals surface area contributed by atoms with Crippen LogP contribution in [0.1, 0.15) is 27.2 Å². The number of ether oxygens (including phenoxy) is 1. The predicted octanol–water partition coefficient (Wildman–Crippen LogP) is 3.46. The molecule has 0 saturated heterocycles. The third-order valence-corrected chi connectivity index (χ3v) is 2.29. The predicted molar refractivity (Wildman–Crippen MR) is 70.7 cm³/mol. The highest BCUT2D eigenvalue weighted by Crippen LogP contribution is 2.08. The van der Waals surface area contributed by atoms with Crippen molar-refractivity contribution in [1.82, 2.24) is 0 Å². The molecule has 84 valence electrons. The van der Waals surface area contributed by atoms with Crippen LogP contribution in [0.2, 0.25) is 13.6 Å². The van der Waals surface area contributed by atoms with Gasteiger partial charge in [-0.1, -0.05) is 52.0 Å². The molecular weight excluding hydrogens is 183 g/mol. The van der Waals surface area contributed by atoms with Gasteiger partial charge in [-0.3, -0.25) is 0 Å². The van der Waals surface area contributed by atoms with Gasteiger partial charge in [0.25, 0.3) is 0 Å². The minimum Gasteiger partial charge on any atom is -0.494 e. The van der Waals surface area contributed by atoms with Crippen LogP contribution in [-0.4, -0.2) is 13.3 Å². The Morgan fingerprint density at radius 2 is 2.00 bits per heavy atom. The summed E-state index contributed by atoms with van der Waals surface area (Å²) in [6.07, 6.45) is 2.32. The highest BCUT2D eigenvalue weighted by molar-refractivity contribution is 6.70. The van der Waals surface area contributed by atoms with Crippen LogP contribution in [0.3, 0.4) is 0 Å². The summed E-state index contributed by atoms with van der Waals surface area (Å²) in [6, 6.07) is 8.38. The first-order valence-corrected chi connectivity index (χ1v) is 5.46. The fraction of sp³-hybridized carbons (Fsp3) is 0.538. The molecule has 0 atom stereocenters. The highest BCUT2D eigenvalue weighted by Gasteiger charge is 2.03. The first-order chi connectivity index (χ1) is 6.74. The summed E-state index contributed by atoms with van der Waals surface area (Å²) in [4.78, 5) is 0. The molecule has 0 fully saturated rings. The molecule has 0 heterocycles. The van der Waals surface area contributed by atoms with Crippen molar-refractivity contribution in [1.29, 1.82) is 0 Å². The monoisotopic (exact) mass is 206 g/mol. The molecule has 0 spiro atoms. The summed E-state index contributed by atoms with van der Waals surface area (Å²) in [7, 11) is 0. The molecule has 0 amide bonds. The molecular formula is C13H23BO. The lowest BCUT2D eigenvalue weighted by Gasteiger charge is -2.08. The van der Waals surface area contributed by atoms with E-state index in [1.54, 1.807) is 0 Å². The number of hydrogen-bond acceptors (Lipinski definition) is 1. The van der Waals surface area contributed by atoms with Crippen LogP contribution >= 0.6 is 0 Å². The van der Waals surface area contributed by atoms with E-state index in [1.807, 2.05) is 6.07 Å². The number of unbranched alkanes of at least 4 members (excludes halogenated alkanes) is 1. The summed E-state index contributed by atoms with van der Waals surface area (Å²) in [5.74, 6) is 1.00. The number of rotatable bonds is 5. The molecule has 0 aliphatic rings. The Balaban J connectivity index is 0.00000196. The molecule has 0 aliphatic heterocycles. The molecule has 0 radical (unpaired) electrons. The van der Waals surface area contributed by atoms with Crippen molar-refractivity contribution < 1.29 is 4.74 Å². The minimum atomic E-state index is 0. The van der Waals surface area contributed by atoms with Crippen molar-refractivity contribution in [3.63, 3.8) is 0 Å². The molecule has 0 bridgehead atoms. The van der Waals surface area contributed by atoms with E-state index in [4.69, 9.17) is 4.74 Å².